The van der Waals surface area contributed by atoms with E-state index in [1.165, 1.54) is 4.31 Å². The van der Waals surface area contributed by atoms with E-state index in [-0.39, 0.29) is 17.3 Å². The second-order valence-corrected chi connectivity index (χ2v) is 16.7. The van der Waals surface area contributed by atoms with Crippen LogP contribution in [-0.2, 0) is 42.0 Å². The second-order valence-electron chi connectivity index (χ2n) is 6.72. The molecule has 0 saturated heterocycles. The first-order valence-corrected chi connectivity index (χ1v) is 16.9. The van der Waals surface area contributed by atoms with Crippen LogP contribution in [0.4, 0.5) is 5.69 Å². The van der Waals surface area contributed by atoms with Gasteiger partial charge in [0.1, 0.15) is 0 Å². The molecule has 1 aromatic carbocycles. The first kappa shape index (κ1) is 32.0. The van der Waals surface area contributed by atoms with Crippen molar-refractivity contribution in [2.75, 3.05) is 52.2 Å². The Bertz CT molecular complexity index is 968. The van der Waals surface area contributed by atoms with Crippen LogP contribution in [0.2, 0.25) is 0 Å². The summed E-state index contributed by atoms with van der Waals surface area (Å²) < 4.78 is 80.1. The van der Waals surface area contributed by atoms with Gasteiger partial charge in [-0.15, -0.1) is 0 Å². The lowest BCUT2D eigenvalue weighted by molar-refractivity contribution is 0.245. The van der Waals surface area contributed by atoms with Gasteiger partial charge in [-0.25, -0.2) is 8.42 Å². The Morgan fingerprint density at radius 2 is 1.53 bits per heavy atom. The van der Waals surface area contributed by atoms with E-state index in [0.717, 1.165) is 50.9 Å². The fourth-order valence-corrected chi connectivity index (χ4v) is 10.9. The molecule has 0 amide bonds. The summed E-state index contributed by atoms with van der Waals surface area (Å²) in [6, 6.07) is 6.68. The Morgan fingerprint density at radius 3 is 1.91 bits per heavy atom. The molecule has 196 valence electrons. The number of ether oxygens (including phenoxy) is 1. The Hall–Kier alpha value is -0.0100. The number of halogens is 1. The Labute approximate surface area is 219 Å². The number of hydrogen-bond acceptors (Lipinski definition) is 11. The van der Waals surface area contributed by atoms with Gasteiger partial charge in [0, 0.05) is 44.7 Å². The van der Waals surface area contributed by atoms with Crippen molar-refractivity contribution in [3.8, 4) is 0 Å². The highest BCUT2D eigenvalue weighted by Crippen LogP contribution is 2.71. The molecule has 0 bridgehead atoms. The highest BCUT2D eigenvalue weighted by atomic mass is 79.9. The van der Waals surface area contributed by atoms with E-state index >= 15 is 0 Å². The third-order valence-corrected chi connectivity index (χ3v) is 13.3. The summed E-state index contributed by atoms with van der Waals surface area (Å²) in [7, 11) is -7.13. The molecule has 0 heterocycles. The molecule has 0 aliphatic rings. The molecule has 0 aromatic heterocycles. The molecular formula is C18H30BrNO9P2S3. The number of sulfonamides is 1. The first-order chi connectivity index (χ1) is 15.8. The third kappa shape index (κ3) is 8.83. The van der Waals surface area contributed by atoms with E-state index in [0.29, 0.717) is 12.3 Å². The summed E-state index contributed by atoms with van der Waals surface area (Å²) in [6.07, 6.45) is 0.915. The van der Waals surface area contributed by atoms with Gasteiger partial charge in [-0.3, -0.25) is 13.4 Å². The van der Waals surface area contributed by atoms with Crippen molar-refractivity contribution in [2.24, 2.45) is 0 Å². The average molecular weight is 642 g/mol. The number of nitrogens with zero attached hydrogens (tertiary/aromatic N) is 1. The van der Waals surface area contributed by atoms with Crippen molar-refractivity contribution in [1.82, 2.24) is 0 Å². The summed E-state index contributed by atoms with van der Waals surface area (Å²) >= 11 is 9.64. The predicted molar refractivity (Wildman–Crippen MR) is 144 cm³/mol. The average Bonchev–Trinajstić information content (AvgIpc) is 2.79. The minimum Gasteiger partial charge on any atom is -0.479 e. The number of rotatable bonds is 14. The fraction of sp³-hybridized carbons (Fsp3) is 0.611. The van der Waals surface area contributed by atoms with Crippen LogP contribution in [0.3, 0.4) is 0 Å². The van der Waals surface area contributed by atoms with Crippen LogP contribution in [-0.4, -0.2) is 71.3 Å². The smallest absolute Gasteiger partial charge is 0.345 e. The highest BCUT2D eigenvalue weighted by molar-refractivity contribution is 9.10. The lowest BCUT2D eigenvalue weighted by Gasteiger charge is -2.33. The normalized spacial score (nSPS) is 13.6. The van der Waals surface area contributed by atoms with Gasteiger partial charge in [-0.1, -0.05) is 27.7 Å². The number of hydrogen-bond donors (Lipinski definition) is 0. The molecule has 0 N–H and O–H groups in total. The molecule has 0 saturated carbocycles. The van der Waals surface area contributed by atoms with E-state index in [9.17, 15) is 17.5 Å². The summed E-state index contributed by atoms with van der Waals surface area (Å²) in [6.45, 7) is 1.94. The number of thioether (sulfide) groups is 1. The molecule has 0 aliphatic carbocycles. The molecule has 0 radical (unpaired) electrons. The zero-order valence-corrected chi connectivity index (χ0v) is 25.5. The third-order valence-electron chi connectivity index (χ3n) is 4.63. The molecule has 0 aliphatic heterocycles. The van der Waals surface area contributed by atoms with Crippen LogP contribution in [0, 0.1) is 0 Å². The van der Waals surface area contributed by atoms with Crippen molar-refractivity contribution >= 4 is 75.2 Å². The molecule has 1 aromatic rings. The zero-order valence-electron chi connectivity index (χ0n) is 19.7. The van der Waals surface area contributed by atoms with Gasteiger partial charge in [0.25, 0.3) is 0 Å². The van der Waals surface area contributed by atoms with Crippen LogP contribution in [0.15, 0.2) is 28.7 Å². The molecule has 34 heavy (non-hydrogen) atoms. The van der Waals surface area contributed by atoms with Gasteiger partial charge in [0.05, 0.1) is 18.6 Å². The van der Waals surface area contributed by atoms with Crippen molar-refractivity contribution in [3.63, 3.8) is 0 Å². The lowest BCUT2D eigenvalue weighted by atomic mass is 10.3. The van der Waals surface area contributed by atoms with Crippen LogP contribution in [0.1, 0.15) is 13.3 Å². The summed E-state index contributed by atoms with van der Waals surface area (Å²) in [5.74, 6) is 0. The van der Waals surface area contributed by atoms with Crippen LogP contribution in [0.25, 0.3) is 0 Å². The van der Waals surface area contributed by atoms with Gasteiger partial charge in [-0.05, 0) is 49.8 Å². The lowest BCUT2D eigenvalue weighted by Crippen LogP contribution is -2.37. The number of thiocarbonyl (C=S) groups is 1. The number of benzene rings is 1. The van der Waals surface area contributed by atoms with Crippen molar-refractivity contribution in [3.05, 3.63) is 28.7 Å². The largest absolute Gasteiger partial charge is 0.479 e. The Balaban J connectivity index is 3.53. The maximum atomic E-state index is 13.4. The van der Waals surface area contributed by atoms with Crippen molar-refractivity contribution in [2.45, 2.75) is 24.0 Å². The number of anilines is 1. The molecule has 0 fully saturated rings. The van der Waals surface area contributed by atoms with Gasteiger partial charge < -0.3 is 22.8 Å². The molecule has 10 nitrogen and oxygen atoms in total. The van der Waals surface area contributed by atoms with Crippen molar-refractivity contribution in [1.29, 1.82) is 0 Å². The maximum Gasteiger partial charge on any atom is 0.345 e. The van der Waals surface area contributed by atoms with Crippen LogP contribution in [0.5, 0.6) is 0 Å². The van der Waals surface area contributed by atoms with Crippen molar-refractivity contribution < 1.29 is 40.4 Å². The van der Waals surface area contributed by atoms with Gasteiger partial charge >= 0.3 is 15.2 Å². The summed E-state index contributed by atoms with van der Waals surface area (Å²) in [5, 5.41) is -2.06. The molecule has 1 rings (SSSR count). The van der Waals surface area contributed by atoms with E-state index in [1.54, 1.807) is 31.2 Å². The van der Waals surface area contributed by atoms with E-state index < -0.39 is 35.9 Å². The maximum absolute atomic E-state index is 13.4. The Kier molecular flexibility index (Phi) is 13.2. The highest BCUT2D eigenvalue weighted by Gasteiger charge is 2.50. The minimum absolute atomic E-state index is 0.115. The minimum atomic E-state index is -4.01. The topological polar surface area (TPSA) is 118 Å². The molecule has 1 atom stereocenters. The molecule has 16 heteroatoms. The Morgan fingerprint density at radius 1 is 1.06 bits per heavy atom. The van der Waals surface area contributed by atoms with Crippen LogP contribution < -0.4 is 4.31 Å². The summed E-state index contributed by atoms with van der Waals surface area (Å²) in [5.41, 5.74) is 0.401. The standard InChI is InChI=1S/C18H30BrNO9P2S3/c1-7-29-18(32)33-16(12-17(30(21,25-2)26-3)31(22,27-4)28-5)13-20(34(6,23)24)15-10-8-14(19)9-11-15/h8-11,16-17H,7,12-13H2,1-6H3. The van der Waals surface area contributed by atoms with E-state index in [4.69, 9.17) is 35.0 Å². The fourth-order valence-electron chi connectivity index (χ4n) is 2.97. The van der Waals surface area contributed by atoms with Gasteiger partial charge in [0.2, 0.25) is 14.4 Å². The van der Waals surface area contributed by atoms with E-state index in [1.807, 2.05) is 0 Å². The SMILES string of the molecule is CCOC(=S)SC(CC(P(=O)(OC)OC)P(=O)(OC)OC)CN(c1ccc(Br)cc1)S(C)(=O)=O. The summed E-state index contributed by atoms with van der Waals surface area (Å²) in [4.78, 5) is 0. The van der Waals surface area contributed by atoms with Gasteiger partial charge in [0.15, 0.2) is 5.40 Å². The van der Waals surface area contributed by atoms with E-state index in [2.05, 4.69) is 15.9 Å². The molecule has 0 spiro atoms. The van der Waals surface area contributed by atoms with Crippen LogP contribution >= 0.6 is 55.1 Å². The van der Waals surface area contributed by atoms with Gasteiger partial charge in [-0.2, -0.15) is 0 Å². The zero-order chi connectivity index (χ0) is 26.2. The second kappa shape index (κ2) is 14.1. The molecular weight excluding hydrogens is 612 g/mol. The quantitative estimate of drug-likeness (QED) is 0.194. The monoisotopic (exact) mass is 641 g/mol. The molecule has 1 unspecified atom stereocenters. The predicted octanol–water partition coefficient (Wildman–Crippen LogP) is 5.33. The first-order valence-electron chi connectivity index (χ1n) is 9.79.